The van der Waals surface area contributed by atoms with Crippen LogP contribution in [0.25, 0.3) is 6.08 Å². The first kappa shape index (κ1) is 32.5. The molecule has 0 aromatic heterocycles. The van der Waals surface area contributed by atoms with Crippen molar-refractivity contribution in [3.8, 4) is 23.0 Å². The zero-order chi connectivity index (χ0) is 33.5. The van der Waals surface area contributed by atoms with Gasteiger partial charge in [0.25, 0.3) is 17.5 Å². The number of benzene rings is 4. The Morgan fingerprint density at radius 3 is 2.26 bits per heavy atom. The lowest BCUT2D eigenvalue weighted by molar-refractivity contribution is -0.384. The molecule has 4 aromatic carbocycles. The number of amides is 4. The summed E-state index contributed by atoms with van der Waals surface area (Å²) in [5.74, 6) is -0.256. The third-order valence-corrected chi connectivity index (χ3v) is 7.19. The van der Waals surface area contributed by atoms with E-state index >= 15 is 0 Å². The number of barbiturate groups is 1. The van der Waals surface area contributed by atoms with Crippen LogP contribution in [0.15, 0.2) is 90.5 Å². The highest BCUT2D eigenvalue weighted by Crippen LogP contribution is 2.38. The zero-order valence-corrected chi connectivity index (χ0v) is 26.0. The molecule has 0 spiro atoms. The van der Waals surface area contributed by atoms with Gasteiger partial charge in [-0.05, 0) is 66.1 Å². The molecule has 1 saturated heterocycles. The van der Waals surface area contributed by atoms with Gasteiger partial charge in [-0.3, -0.25) is 25.0 Å². The number of carbonyl (C=O) groups is 3. The van der Waals surface area contributed by atoms with Crippen LogP contribution in [-0.4, -0.2) is 36.5 Å². The number of rotatable bonds is 12. The fourth-order valence-corrected chi connectivity index (χ4v) is 4.94. The summed E-state index contributed by atoms with van der Waals surface area (Å²) < 4.78 is 23.3. The molecule has 13 heteroatoms. The molecule has 1 N–H and O–H groups in total. The van der Waals surface area contributed by atoms with Gasteiger partial charge in [0.15, 0.2) is 23.0 Å². The molecule has 0 atom stereocenters. The number of non-ortho nitro benzene ring substituents is 1. The maximum Gasteiger partial charge on any atom is 0.335 e. The minimum Gasteiger partial charge on any atom is -0.493 e. The third-order valence-electron chi connectivity index (χ3n) is 6.91. The van der Waals surface area contributed by atoms with Crippen molar-refractivity contribution in [1.29, 1.82) is 0 Å². The van der Waals surface area contributed by atoms with E-state index in [2.05, 4.69) is 5.32 Å². The van der Waals surface area contributed by atoms with Crippen LogP contribution in [0.2, 0.25) is 5.02 Å². The molecule has 0 saturated carbocycles. The molecule has 0 bridgehead atoms. The van der Waals surface area contributed by atoms with Crippen LogP contribution >= 0.6 is 11.6 Å². The van der Waals surface area contributed by atoms with Crippen molar-refractivity contribution < 1.29 is 38.3 Å². The largest absolute Gasteiger partial charge is 0.493 e. The van der Waals surface area contributed by atoms with E-state index in [4.69, 9.17) is 30.5 Å². The van der Waals surface area contributed by atoms with Crippen molar-refractivity contribution in [1.82, 2.24) is 5.32 Å². The molecule has 1 aliphatic heterocycles. The van der Waals surface area contributed by atoms with E-state index in [0.717, 1.165) is 23.3 Å². The summed E-state index contributed by atoms with van der Waals surface area (Å²) in [5, 5.41) is 13.2. The van der Waals surface area contributed by atoms with Gasteiger partial charge in [-0.15, -0.1) is 0 Å². The number of nitrogens with zero attached hydrogens (tertiary/aromatic N) is 2. The number of anilines is 1. The number of halogens is 1. The number of nitro benzene ring substituents is 1. The number of hydrogen-bond donors (Lipinski definition) is 1. The maximum atomic E-state index is 13.3. The van der Waals surface area contributed by atoms with Crippen LogP contribution in [0.3, 0.4) is 0 Å². The Balaban J connectivity index is 1.34. The number of imide groups is 2. The molecular formula is C34H28ClN3O9. The Kier molecular flexibility index (Phi) is 10.0. The van der Waals surface area contributed by atoms with Gasteiger partial charge < -0.3 is 18.9 Å². The topological polar surface area (TPSA) is 147 Å². The van der Waals surface area contributed by atoms with E-state index in [9.17, 15) is 24.5 Å². The summed E-state index contributed by atoms with van der Waals surface area (Å²) >= 11 is 6.58. The van der Waals surface area contributed by atoms with Crippen LogP contribution in [-0.2, 0) is 22.8 Å². The minimum absolute atomic E-state index is 0.0409. The summed E-state index contributed by atoms with van der Waals surface area (Å²) in [6, 6.07) is 22.0. The summed E-state index contributed by atoms with van der Waals surface area (Å²) in [4.78, 5) is 49.6. The van der Waals surface area contributed by atoms with Gasteiger partial charge in [-0.1, -0.05) is 48.0 Å². The monoisotopic (exact) mass is 657 g/mol. The van der Waals surface area contributed by atoms with E-state index in [-0.39, 0.29) is 40.1 Å². The van der Waals surface area contributed by atoms with Crippen molar-refractivity contribution in [3.05, 3.63) is 122 Å². The highest BCUT2D eigenvalue weighted by molar-refractivity contribution is 6.39. The van der Waals surface area contributed by atoms with Crippen LogP contribution in [0.5, 0.6) is 23.0 Å². The molecule has 0 aliphatic carbocycles. The van der Waals surface area contributed by atoms with Crippen LogP contribution in [0.1, 0.15) is 23.6 Å². The van der Waals surface area contributed by atoms with E-state index in [1.807, 2.05) is 49.4 Å². The SMILES string of the molecule is CCOc1cc(COc2c(Cl)cc(/C=C3/C(=O)NC(=O)N(c4ccc([N+](=O)[O-])cc4)C3=O)cc2OC)ccc1OCc1ccccc1. The lowest BCUT2D eigenvalue weighted by Crippen LogP contribution is -2.54. The maximum absolute atomic E-state index is 13.3. The van der Waals surface area contributed by atoms with Gasteiger partial charge in [-0.2, -0.15) is 0 Å². The third kappa shape index (κ3) is 7.51. The van der Waals surface area contributed by atoms with Crippen molar-refractivity contribution in [3.63, 3.8) is 0 Å². The zero-order valence-electron chi connectivity index (χ0n) is 25.2. The molecule has 240 valence electrons. The minimum atomic E-state index is -0.992. The van der Waals surface area contributed by atoms with Crippen molar-refractivity contribution in [2.45, 2.75) is 20.1 Å². The normalized spacial score (nSPS) is 13.7. The summed E-state index contributed by atoms with van der Waals surface area (Å²) in [5.41, 5.74) is 1.55. The Morgan fingerprint density at radius 1 is 0.851 bits per heavy atom. The lowest BCUT2D eigenvalue weighted by atomic mass is 10.1. The fourth-order valence-electron chi connectivity index (χ4n) is 4.67. The van der Waals surface area contributed by atoms with Crippen LogP contribution < -0.4 is 29.2 Å². The molecule has 4 amide bonds. The average Bonchev–Trinajstić information content (AvgIpc) is 3.06. The molecule has 12 nitrogen and oxygen atoms in total. The Hall–Kier alpha value is -5.88. The van der Waals surface area contributed by atoms with Crippen molar-refractivity contribution in [2.24, 2.45) is 0 Å². The first-order valence-electron chi connectivity index (χ1n) is 14.3. The molecule has 1 heterocycles. The number of hydrogen-bond acceptors (Lipinski definition) is 9. The molecule has 1 fully saturated rings. The fraction of sp³-hybridized carbons (Fsp3) is 0.147. The molecule has 4 aromatic rings. The quantitative estimate of drug-likeness (QED) is 0.0782. The van der Waals surface area contributed by atoms with Gasteiger partial charge in [-0.25, -0.2) is 9.69 Å². The first-order valence-corrected chi connectivity index (χ1v) is 14.6. The number of urea groups is 1. The Labute approximate surface area is 274 Å². The van der Waals surface area contributed by atoms with Crippen molar-refractivity contribution >= 4 is 46.9 Å². The predicted octanol–water partition coefficient (Wildman–Crippen LogP) is 6.48. The number of methoxy groups -OCH3 is 1. The number of nitrogens with one attached hydrogen (secondary N) is 1. The molecule has 0 unspecified atom stereocenters. The second-order valence-corrected chi connectivity index (χ2v) is 10.4. The number of ether oxygens (including phenoxy) is 4. The van der Waals surface area contributed by atoms with Crippen molar-refractivity contribution in [2.75, 3.05) is 18.6 Å². The highest BCUT2D eigenvalue weighted by atomic mass is 35.5. The van der Waals surface area contributed by atoms with E-state index in [0.29, 0.717) is 35.2 Å². The van der Waals surface area contributed by atoms with Crippen LogP contribution in [0, 0.1) is 10.1 Å². The Morgan fingerprint density at radius 2 is 1.57 bits per heavy atom. The summed E-state index contributed by atoms with van der Waals surface area (Å²) in [7, 11) is 1.41. The van der Waals surface area contributed by atoms with E-state index < -0.39 is 22.8 Å². The Bertz CT molecular complexity index is 1860. The second-order valence-electron chi connectivity index (χ2n) is 10.0. The number of nitro groups is 1. The molecule has 0 radical (unpaired) electrons. The van der Waals surface area contributed by atoms with E-state index in [1.165, 1.54) is 37.5 Å². The standard InChI is InChI=1S/C34H28ClN3O9/c1-3-45-29-17-22(9-14-28(29)46-19-21-7-5-4-6-8-21)20-47-31-27(35)16-23(18-30(31)44-2)15-26-32(39)36-34(41)37(33(26)40)24-10-12-25(13-11-24)38(42)43/h4-18H,3,19-20H2,1-2H3,(H,36,39,41)/b26-15-. The molecular weight excluding hydrogens is 630 g/mol. The smallest absolute Gasteiger partial charge is 0.335 e. The van der Waals surface area contributed by atoms with E-state index in [1.54, 1.807) is 6.07 Å². The first-order chi connectivity index (χ1) is 22.7. The molecule has 5 rings (SSSR count). The van der Waals surface area contributed by atoms with Gasteiger partial charge in [0, 0.05) is 12.1 Å². The second kappa shape index (κ2) is 14.5. The number of carbonyl (C=O) groups excluding carboxylic acids is 3. The van der Waals surface area contributed by atoms with Gasteiger partial charge in [0.2, 0.25) is 0 Å². The van der Waals surface area contributed by atoms with Gasteiger partial charge in [0.05, 0.1) is 29.4 Å². The highest BCUT2D eigenvalue weighted by Gasteiger charge is 2.37. The summed E-state index contributed by atoms with van der Waals surface area (Å²) in [6.07, 6.45) is 1.25. The molecule has 47 heavy (non-hydrogen) atoms. The van der Waals surface area contributed by atoms with Gasteiger partial charge in [0.1, 0.15) is 18.8 Å². The average molecular weight is 658 g/mol. The lowest BCUT2D eigenvalue weighted by Gasteiger charge is -2.26. The summed E-state index contributed by atoms with van der Waals surface area (Å²) in [6.45, 7) is 2.79. The van der Waals surface area contributed by atoms with Gasteiger partial charge >= 0.3 is 6.03 Å². The van der Waals surface area contributed by atoms with Crippen LogP contribution in [0.4, 0.5) is 16.2 Å². The molecule has 1 aliphatic rings. The predicted molar refractivity (Wildman–Crippen MR) is 173 cm³/mol.